The maximum atomic E-state index is 12.9. The van der Waals surface area contributed by atoms with Gasteiger partial charge in [0.15, 0.2) is 5.76 Å². The number of hydrogen-bond donors (Lipinski definition) is 2. The quantitative estimate of drug-likeness (QED) is 0.691. The maximum Gasteiger partial charge on any atom is 0.416 e. The Hall–Kier alpha value is -3.13. The second kappa shape index (κ2) is 7.85. The molecule has 1 aromatic heterocycles. The molecule has 3 aromatic rings. The van der Waals surface area contributed by atoms with Crippen LogP contribution in [0.5, 0.6) is 0 Å². The van der Waals surface area contributed by atoms with Gasteiger partial charge in [-0.2, -0.15) is 13.2 Å². The zero-order chi connectivity index (χ0) is 20.3. The molecular formula is C20H17F3N2O3. The molecular weight excluding hydrogens is 373 g/mol. The fraction of sp³-hybridized carbons (Fsp3) is 0.200. The molecule has 0 aliphatic carbocycles. The topological polar surface area (TPSA) is 75.4 Å². The minimum absolute atomic E-state index is 0.0651. The summed E-state index contributed by atoms with van der Waals surface area (Å²) in [7, 11) is 1.44. The lowest BCUT2D eigenvalue weighted by Gasteiger charge is -2.13. The highest BCUT2D eigenvalue weighted by atomic mass is 19.4. The van der Waals surface area contributed by atoms with Crippen LogP contribution in [0.4, 0.5) is 13.2 Å². The van der Waals surface area contributed by atoms with Gasteiger partial charge in [-0.1, -0.05) is 47.6 Å². The first-order valence-electron chi connectivity index (χ1n) is 8.42. The largest absolute Gasteiger partial charge is 0.416 e. The third kappa shape index (κ3) is 4.07. The summed E-state index contributed by atoms with van der Waals surface area (Å²) >= 11 is 0. The van der Waals surface area contributed by atoms with Crippen molar-refractivity contribution in [3.63, 3.8) is 0 Å². The van der Waals surface area contributed by atoms with Crippen molar-refractivity contribution in [1.82, 2.24) is 10.5 Å². The number of aliphatic hydroxyl groups is 1. The van der Waals surface area contributed by atoms with Gasteiger partial charge in [0, 0.05) is 19.0 Å². The van der Waals surface area contributed by atoms with Gasteiger partial charge < -0.3 is 14.9 Å². The predicted molar refractivity (Wildman–Crippen MR) is 95.4 cm³/mol. The first kappa shape index (κ1) is 19.6. The van der Waals surface area contributed by atoms with E-state index in [-0.39, 0.29) is 23.3 Å². The van der Waals surface area contributed by atoms with Gasteiger partial charge in [0.05, 0.1) is 11.7 Å². The SMILES string of the molecule is CNC(=O)c1c(-c2ccccc2)noc1CC(O)c1cccc(C(F)(F)F)c1. The van der Waals surface area contributed by atoms with E-state index in [1.54, 1.807) is 30.3 Å². The van der Waals surface area contributed by atoms with Gasteiger partial charge in [-0.05, 0) is 17.7 Å². The number of rotatable bonds is 5. The Morgan fingerprint density at radius 1 is 1.18 bits per heavy atom. The van der Waals surface area contributed by atoms with Crippen LogP contribution in [0.1, 0.15) is 33.3 Å². The number of aromatic nitrogens is 1. The van der Waals surface area contributed by atoms with Crippen LogP contribution in [0.2, 0.25) is 0 Å². The molecule has 0 aliphatic rings. The second-order valence-corrected chi connectivity index (χ2v) is 6.12. The molecule has 146 valence electrons. The van der Waals surface area contributed by atoms with E-state index in [0.717, 1.165) is 12.1 Å². The molecule has 0 saturated heterocycles. The van der Waals surface area contributed by atoms with Gasteiger partial charge >= 0.3 is 6.18 Å². The molecule has 0 radical (unpaired) electrons. The third-order valence-corrected chi connectivity index (χ3v) is 4.24. The molecule has 1 atom stereocenters. The molecule has 1 unspecified atom stereocenters. The Bertz CT molecular complexity index is 968. The molecule has 5 nitrogen and oxygen atoms in total. The van der Waals surface area contributed by atoms with E-state index in [2.05, 4.69) is 10.5 Å². The Morgan fingerprint density at radius 2 is 1.89 bits per heavy atom. The highest BCUT2D eigenvalue weighted by Gasteiger charge is 2.31. The van der Waals surface area contributed by atoms with Crippen LogP contribution in [0, 0.1) is 0 Å². The normalized spacial score (nSPS) is 12.6. The van der Waals surface area contributed by atoms with E-state index in [1.807, 2.05) is 0 Å². The summed E-state index contributed by atoms with van der Waals surface area (Å²) in [5, 5.41) is 16.9. The molecule has 8 heteroatoms. The van der Waals surface area contributed by atoms with Gasteiger partial charge in [-0.25, -0.2) is 0 Å². The van der Waals surface area contributed by atoms with E-state index in [0.29, 0.717) is 11.3 Å². The number of aliphatic hydroxyl groups excluding tert-OH is 1. The van der Waals surface area contributed by atoms with Crippen LogP contribution in [-0.4, -0.2) is 23.2 Å². The summed E-state index contributed by atoms with van der Waals surface area (Å²) in [6, 6.07) is 13.2. The average molecular weight is 390 g/mol. The molecule has 1 amide bonds. The second-order valence-electron chi connectivity index (χ2n) is 6.12. The van der Waals surface area contributed by atoms with Gasteiger partial charge in [-0.15, -0.1) is 0 Å². The predicted octanol–water partition coefficient (Wildman–Crippen LogP) is 4.00. The Morgan fingerprint density at radius 3 is 2.54 bits per heavy atom. The van der Waals surface area contributed by atoms with Crippen molar-refractivity contribution in [2.45, 2.75) is 18.7 Å². The summed E-state index contributed by atoms with van der Waals surface area (Å²) < 4.78 is 44.0. The van der Waals surface area contributed by atoms with Crippen LogP contribution in [0.15, 0.2) is 59.1 Å². The number of hydrogen-bond acceptors (Lipinski definition) is 4. The number of nitrogens with one attached hydrogen (secondary N) is 1. The number of halogens is 3. The van der Waals surface area contributed by atoms with E-state index in [1.165, 1.54) is 19.2 Å². The van der Waals surface area contributed by atoms with Gasteiger partial charge in [0.2, 0.25) is 0 Å². The van der Waals surface area contributed by atoms with E-state index in [9.17, 15) is 23.1 Å². The number of alkyl halides is 3. The molecule has 28 heavy (non-hydrogen) atoms. The molecule has 0 spiro atoms. The van der Waals surface area contributed by atoms with E-state index >= 15 is 0 Å². The monoisotopic (exact) mass is 390 g/mol. The van der Waals surface area contributed by atoms with Crippen molar-refractivity contribution in [2.24, 2.45) is 0 Å². The van der Waals surface area contributed by atoms with Crippen LogP contribution in [0.3, 0.4) is 0 Å². The summed E-state index contributed by atoms with van der Waals surface area (Å²) in [6.45, 7) is 0. The molecule has 0 bridgehead atoms. The maximum absolute atomic E-state index is 12.9. The number of nitrogens with zero attached hydrogens (tertiary/aromatic N) is 1. The standard InChI is InChI=1S/C20H17F3N2O3/c1-24-19(27)17-16(28-25-18(17)12-6-3-2-4-7-12)11-15(26)13-8-5-9-14(10-13)20(21,22)23/h2-10,15,26H,11H2,1H3,(H,24,27). The van der Waals surface area contributed by atoms with Crippen molar-refractivity contribution in [3.05, 3.63) is 77.0 Å². The molecule has 2 aromatic carbocycles. The van der Waals surface area contributed by atoms with Gasteiger partial charge in [0.1, 0.15) is 11.3 Å². The highest BCUT2D eigenvalue weighted by Crippen LogP contribution is 2.32. The zero-order valence-corrected chi connectivity index (χ0v) is 14.8. The van der Waals surface area contributed by atoms with Crippen molar-refractivity contribution in [1.29, 1.82) is 0 Å². The van der Waals surface area contributed by atoms with Crippen molar-refractivity contribution in [2.75, 3.05) is 7.05 Å². The lowest BCUT2D eigenvalue weighted by Crippen LogP contribution is -2.20. The fourth-order valence-electron chi connectivity index (χ4n) is 2.83. The van der Waals surface area contributed by atoms with Gasteiger partial charge in [0.25, 0.3) is 5.91 Å². The minimum atomic E-state index is -4.52. The molecule has 0 aliphatic heterocycles. The summed E-state index contributed by atoms with van der Waals surface area (Å²) in [6.07, 6.45) is -6.03. The summed E-state index contributed by atoms with van der Waals surface area (Å²) in [4.78, 5) is 12.4. The lowest BCUT2D eigenvalue weighted by atomic mass is 9.98. The Kier molecular flexibility index (Phi) is 5.51. The Balaban J connectivity index is 1.94. The molecule has 0 fully saturated rings. The summed E-state index contributed by atoms with van der Waals surface area (Å²) in [5.41, 5.74) is 0.282. The van der Waals surface area contributed by atoms with Gasteiger partial charge in [-0.3, -0.25) is 4.79 Å². The van der Waals surface area contributed by atoms with Crippen molar-refractivity contribution >= 4 is 5.91 Å². The zero-order valence-electron chi connectivity index (χ0n) is 14.8. The molecule has 3 rings (SSSR count). The first-order valence-corrected chi connectivity index (χ1v) is 8.42. The van der Waals surface area contributed by atoms with Crippen LogP contribution >= 0.6 is 0 Å². The van der Waals surface area contributed by atoms with E-state index in [4.69, 9.17) is 4.52 Å². The first-order chi connectivity index (χ1) is 13.3. The third-order valence-electron chi connectivity index (χ3n) is 4.24. The number of carbonyl (C=O) groups is 1. The smallest absolute Gasteiger partial charge is 0.388 e. The van der Waals surface area contributed by atoms with Crippen LogP contribution < -0.4 is 5.32 Å². The molecule has 0 saturated carbocycles. The number of benzene rings is 2. The van der Waals surface area contributed by atoms with Crippen molar-refractivity contribution < 1.29 is 27.6 Å². The number of carbonyl (C=O) groups excluding carboxylic acids is 1. The average Bonchev–Trinajstić information content (AvgIpc) is 3.11. The van der Waals surface area contributed by atoms with Crippen LogP contribution in [0.25, 0.3) is 11.3 Å². The number of amides is 1. The van der Waals surface area contributed by atoms with E-state index < -0.39 is 23.8 Å². The lowest BCUT2D eigenvalue weighted by molar-refractivity contribution is -0.137. The van der Waals surface area contributed by atoms with Crippen molar-refractivity contribution in [3.8, 4) is 11.3 Å². The Labute approximate surface area is 158 Å². The minimum Gasteiger partial charge on any atom is -0.388 e. The highest BCUT2D eigenvalue weighted by molar-refractivity contribution is 6.00. The fourth-order valence-corrected chi connectivity index (χ4v) is 2.83. The van der Waals surface area contributed by atoms with Crippen LogP contribution in [-0.2, 0) is 12.6 Å². The molecule has 2 N–H and O–H groups in total. The molecule has 1 heterocycles. The summed E-state index contributed by atoms with van der Waals surface area (Å²) in [5.74, 6) is -0.380.